The Hall–Kier alpha value is -3.47. The van der Waals surface area contributed by atoms with Gasteiger partial charge in [0.15, 0.2) is 5.82 Å². The average molecular weight is 326 g/mol. The molecule has 120 valence electrons. The molecule has 0 atom stereocenters. The van der Waals surface area contributed by atoms with Gasteiger partial charge in [-0.2, -0.15) is 0 Å². The Morgan fingerprint density at radius 3 is 2.52 bits per heavy atom. The third-order valence-electron chi connectivity index (χ3n) is 3.95. The first-order valence-electron chi connectivity index (χ1n) is 7.89. The summed E-state index contributed by atoms with van der Waals surface area (Å²) in [5.41, 5.74) is 4.41. The number of fused-ring (bicyclic) bond motifs is 1. The van der Waals surface area contributed by atoms with Crippen LogP contribution in [-0.2, 0) is 0 Å². The van der Waals surface area contributed by atoms with Crippen LogP contribution in [0.2, 0.25) is 0 Å². The maximum atomic E-state index is 10.9. The van der Waals surface area contributed by atoms with Gasteiger partial charge >= 0.3 is 0 Å². The summed E-state index contributed by atoms with van der Waals surface area (Å²) in [5, 5.41) is 3.94. The van der Waals surface area contributed by atoms with Crippen LogP contribution in [-0.4, -0.2) is 15.0 Å². The number of nitroso groups, excluding NO2 is 1. The molecular formula is C20H14N4O. The highest BCUT2D eigenvalue weighted by Crippen LogP contribution is 2.30. The zero-order valence-corrected chi connectivity index (χ0v) is 13.5. The Labute approximate surface area is 144 Å². The van der Waals surface area contributed by atoms with Crippen molar-refractivity contribution in [1.29, 1.82) is 0 Å². The van der Waals surface area contributed by atoms with E-state index in [1.54, 1.807) is 18.2 Å². The highest BCUT2D eigenvalue weighted by Gasteiger charge is 2.12. The fourth-order valence-corrected chi connectivity index (χ4v) is 2.79. The smallest absolute Gasteiger partial charge is 0.179 e. The summed E-state index contributed by atoms with van der Waals surface area (Å²) >= 11 is 0. The van der Waals surface area contributed by atoms with E-state index in [4.69, 9.17) is 4.98 Å². The summed E-state index contributed by atoms with van der Waals surface area (Å²) in [6.45, 7) is 1.94. The van der Waals surface area contributed by atoms with Gasteiger partial charge in [0, 0.05) is 16.6 Å². The van der Waals surface area contributed by atoms with Gasteiger partial charge in [-0.05, 0) is 42.4 Å². The molecule has 2 aromatic carbocycles. The molecule has 0 aliphatic heterocycles. The van der Waals surface area contributed by atoms with Crippen LogP contribution in [0.1, 0.15) is 5.69 Å². The van der Waals surface area contributed by atoms with Crippen LogP contribution < -0.4 is 0 Å². The molecule has 0 amide bonds. The van der Waals surface area contributed by atoms with Crippen LogP contribution in [0.25, 0.3) is 33.7 Å². The van der Waals surface area contributed by atoms with Crippen molar-refractivity contribution >= 4 is 16.6 Å². The number of nitrogens with zero attached hydrogens (tertiary/aromatic N) is 4. The summed E-state index contributed by atoms with van der Waals surface area (Å²) in [6.07, 6.45) is 0. The molecule has 5 nitrogen and oxygen atoms in total. The van der Waals surface area contributed by atoms with Gasteiger partial charge in [-0.15, -0.1) is 4.91 Å². The predicted octanol–water partition coefficient (Wildman–Crippen LogP) is 5.07. The standard InChI is InChI=1S/C20H14N4O/c1-13-6-4-11-18(21-13)20-22-17-10-3-2-9-16(17)19(23-20)14-7-5-8-15(12-14)24-25/h2-12H,1H3. The zero-order chi connectivity index (χ0) is 17.2. The van der Waals surface area contributed by atoms with Gasteiger partial charge in [-0.1, -0.05) is 36.4 Å². The van der Waals surface area contributed by atoms with Crippen molar-refractivity contribution in [3.8, 4) is 22.8 Å². The van der Waals surface area contributed by atoms with Gasteiger partial charge < -0.3 is 0 Å². The number of pyridine rings is 1. The Kier molecular flexibility index (Phi) is 3.74. The molecule has 0 spiro atoms. The normalized spacial score (nSPS) is 10.8. The molecule has 4 aromatic rings. The van der Waals surface area contributed by atoms with Crippen molar-refractivity contribution in [1.82, 2.24) is 15.0 Å². The van der Waals surface area contributed by atoms with E-state index in [-0.39, 0.29) is 0 Å². The number of rotatable bonds is 3. The number of para-hydroxylation sites is 1. The first-order chi connectivity index (χ1) is 12.2. The molecule has 0 aliphatic carbocycles. The van der Waals surface area contributed by atoms with Crippen molar-refractivity contribution in [3.05, 3.63) is 77.3 Å². The summed E-state index contributed by atoms with van der Waals surface area (Å²) in [7, 11) is 0. The van der Waals surface area contributed by atoms with Crippen molar-refractivity contribution in [3.63, 3.8) is 0 Å². The van der Waals surface area contributed by atoms with E-state index in [2.05, 4.69) is 15.1 Å². The fraction of sp³-hybridized carbons (Fsp3) is 0.0500. The van der Waals surface area contributed by atoms with Crippen LogP contribution in [0.4, 0.5) is 5.69 Å². The van der Waals surface area contributed by atoms with Crippen LogP contribution >= 0.6 is 0 Å². The molecular weight excluding hydrogens is 312 g/mol. The minimum absolute atomic E-state index is 0.371. The van der Waals surface area contributed by atoms with E-state index in [1.807, 2.05) is 55.5 Å². The molecule has 0 fully saturated rings. The number of aryl methyl sites for hydroxylation is 1. The van der Waals surface area contributed by atoms with Crippen LogP contribution in [0.15, 0.2) is 71.9 Å². The molecule has 0 saturated heterocycles. The topological polar surface area (TPSA) is 68.1 Å². The molecule has 25 heavy (non-hydrogen) atoms. The maximum Gasteiger partial charge on any atom is 0.179 e. The Balaban J connectivity index is 2.00. The van der Waals surface area contributed by atoms with E-state index >= 15 is 0 Å². The molecule has 0 radical (unpaired) electrons. The Morgan fingerprint density at radius 2 is 1.68 bits per heavy atom. The average Bonchev–Trinajstić information content (AvgIpc) is 2.67. The molecule has 0 unspecified atom stereocenters. The highest BCUT2D eigenvalue weighted by molar-refractivity contribution is 5.93. The first-order valence-corrected chi connectivity index (χ1v) is 7.89. The van der Waals surface area contributed by atoms with Gasteiger partial charge in [0.05, 0.1) is 11.2 Å². The quantitative estimate of drug-likeness (QED) is 0.493. The lowest BCUT2D eigenvalue weighted by Gasteiger charge is -2.09. The van der Waals surface area contributed by atoms with Crippen molar-refractivity contribution in [2.75, 3.05) is 0 Å². The molecule has 4 rings (SSSR count). The molecule has 5 heteroatoms. The molecule has 2 aromatic heterocycles. The Morgan fingerprint density at radius 1 is 0.840 bits per heavy atom. The van der Waals surface area contributed by atoms with Crippen LogP contribution in [0.3, 0.4) is 0 Å². The number of hydrogen-bond acceptors (Lipinski definition) is 5. The van der Waals surface area contributed by atoms with E-state index in [9.17, 15) is 4.91 Å². The summed E-state index contributed by atoms with van der Waals surface area (Å²) in [6, 6.07) is 20.7. The van der Waals surface area contributed by atoms with Crippen molar-refractivity contribution in [2.45, 2.75) is 6.92 Å². The Bertz CT molecular complexity index is 1090. The molecule has 0 saturated carbocycles. The second-order valence-corrected chi connectivity index (χ2v) is 5.72. The SMILES string of the molecule is Cc1cccc(-c2nc(-c3cccc(N=O)c3)c3ccccc3n2)n1. The lowest BCUT2D eigenvalue weighted by atomic mass is 10.1. The van der Waals surface area contributed by atoms with E-state index in [0.29, 0.717) is 11.5 Å². The summed E-state index contributed by atoms with van der Waals surface area (Å²) in [5.74, 6) is 0.557. The third kappa shape index (κ3) is 2.87. The monoisotopic (exact) mass is 326 g/mol. The minimum Gasteiger partial charge on any atom is -0.250 e. The molecule has 0 aliphatic rings. The minimum atomic E-state index is 0.371. The summed E-state index contributed by atoms with van der Waals surface area (Å²) in [4.78, 5) is 24.8. The fourth-order valence-electron chi connectivity index (χ4n) is 2.79. The first kappa shape index (κ1) is 15.1. The highest BCUT2D eigenvalue weighted by atomic mass is 16.3. The van der Waals surface area contributed by atoms with E-state index in [0.717, 1.165) is 33.5 Å². The van der Waals surface area contributed by atoms with Crippen molar-refractivity contribution in [2.24, 2.45) is 5.18 Å². The predicted molar refractivity (Wildman–Crippen MR) is 98.4 cm³/mol. The lowest BCUT2D eigenvalue weighted by molar-refractivity contribution is 1.14. The van der Waals surface area contributed by atoms with Crippen LogP contribution in [0, 0.1) is 11.8 Å². The van der Waals surface area contributed by atoms with Gasteiger partial charge in [0.25, 0.3) is 0 Å². The maximum absolute atomic E-state index is 10.9. The summed E-state index contributed by atoms with van der Waals surface area (Å²) < 4.78 is 0. The molecule has 0 bridgehead atoms. The number of aromatic nitrogens is 3. The molecule has 0 N–H and O–H groups in total. The third-order valence-corrected chi connectivity index (χ3v) is 3.95. The van der Waals surface area contributed by atoms with E-state index < -0.39 is 0 Å². The van der Waals surface area contributed by atoms with E-state index in [1.165, 1.54) is 0 Å². The van der Waals surface area contributed by atoms with Crippen molar-refractivity contribution < 1.29 is 0 Å². The second kappa shape index (κ2) is 6.20. The van der Waals surface area contributed by atoms with Gasteiger partial charge in [0.2, 0.25) is 0 Å². The number of hydrogen-bond donors (Lipinski definition) is 0. The molecule has 2 heterocycles. The number of benzene rings is 2. The largest absolute Gasteiger partial charge is 0.250 e. The van der Waals surface area contributed by atoms with Crippen LogP contribution in [0.5, 0.6) is 0 Å². The second-order valence-electron chi connectivity index (χ2n) is 5.72. The zero-order valence-electron chi connectivity index (χ0n) is 13.5. The lowest BCUT2D eigenvalue weighted by Crippen LogP contribution is -1.97. The van der Waals surface area contributed by atoms with Gasteiger partial charge in [-0.3, -0.25) is 0 Å². The van der Waals surface area contributed by atoms with Gasteiger partial charge in [-0.25, -0.2) is 15.0 Å². The van der Waals surface area contributed by atoms with Gasteiger partial charge in [0.1, 0.15) is 11.4 Å².